The molecule has 1 aromatic heterocycles. The quantitative estimate of drug-likeness (QED) is 0.350. The summed E-state index contributed by atoms with van der Waals surface area (Å²) in [6.45, 7) is 2.62. The Kier molecular flexibility index (Phi) is 6.60. The van der Waals surface area contributed by atoms with E-state index in [1.807, 2.05) is 0 Å². The van der Waals surface area contributed by atoms with E-state index < -0.39 is 46.0 Å². The summed E-state index contributed by atoms with van der Waals surface area (Å²) in [7, 11) is -7.99. The van der Waals surface area contributed by atoms with E-state index in [0.717, 1.165) is 19.1 Å². The van der Waals surface area contributed by atoms with Crippen molar-refractivity contribution in [3.8, 4) is 11.3 Å². The number of anilines is 1. The summed E-state index contributed by atoms with van der Waals surface area (Å²) in [6.07, 6.45) is 0. The van der Waals surface area contributed by atoms with E-state index >= 15 is 0 Å². The minimum atomic E-state index is -4.44. The van der Waals surface area contributed by atoms with Gasteiger partial charge < -0.3 is 0 Å². The van der Waals surface area contributed by atoms with Crippen molar-refractivity contribution in [3.05, 3.63) is 74.3 Å². The number of benzene rings is 2. The van der Waals surface area contributed by atoms with Gasteiger partial charge in [0.05, 0.1) is 21.3 Å². The molecule has 0 fully saturated rings. The molecule has 13 nitrogen and oxygen atoms in total. The number of rotatable bonds is 8. The van der Waals surface area contributed by atoms with E-state index in [2.05, 4.69) is 14.9 Å². The third kappa shape index (κ3) is 4.99. The maximum absolute atomic E-state index is 12.8. The smallest absolute Gasteiger partial charge is 0.280 e. The standard InChI is InChI=1S/C19H17N5O8S2/c1-3-33(29,30)19-8-7-16(20-21-19)13-5-4-6-14(9-13)22-34(31,32)15-10-17(23(25)26)12(2)18(11-15)24(27)28/h4-11,22H,3H2,1-2H3. The van der Waals surface area contributed by atoms with Crippen molar-refractivity contribution >= 4 is 36.9 Å². The van der Waals surface area contributed by atoms with E-state index in [4.69, 9.17) is 0 Å². The highest BCUT2D eigenvalue weighted by Gasteiger charge is 2.28. The predicted octanol–water partition coefficient (Wildman–Crippen LogP) is 2.86. The first kappa shape index (κ1) is 24.7. The summed E-state index contributed by atoms with van der Waals surface area (Å²) in [5, 5.41) is 29.9. The summed E-state index contributed by atoms with van der Waals surface area (Å²) < 4.78 is 51.7. The molecule has 1 N–H and O–H groups in total. The summed E-state index contributed by atoms with van der Waals surface area (Å²) in [5.41, 5.74) is -0.994. The third-order valence-electron chi connectivity index (χ3n) is 4.78. The zero-order valence-corrected chi connectivity index (χ0v) is 19.3. The van der Waals surface area contributed by atoms with E-state index in [9.17, 15) is 37.1 Å². The number of nitro benzene ring substituents is 2. The second kappa shape index (κ2) is 9.11. The number of nitrogens with zero attached hydrogens (tertiary/aromatic N) is 4. The van der Waals surface area contributed by atoms with Gasteiger partial charge >= 0.3 is 0 Å². The van der Waals surface area contributed by atoms with Crippen LogP contribution in [0.5, 0.6) is 0 Å². The van der Waals surface area contributed by atoms with E-state index in [1.54, 1.807) is 6.07 Å². The van der Waals surface area contributed by atoms with Crippen LogP contribution in [0.1, 0.15) is 12.5 Å². The Balaban J connectivity index is 1.97. The lowest BCUT2D eigenvalue weighted by atomic mass is 10.1. The van der Waals surface area contributed by atoms with Crippen molar-refractivity contribution in [3.63, 3.8) is 0 Å². The Labute approximate surface area is 193 Å². The molecule has 15 heteroatoms. The fourth-order valence-electron chi connectivity index (χ4n) is 2.94. The van der Waals surface area contributed by atoms with Crippen LogP contribution < -0.4 is 4.72 Å². The molecule has 0 saturated carbocycles. The van der Waals surface area contributed by atoms with Crippen LogP contribution in [0, 0.1) is 27.2 Å². The molecule has 0 aliphatic rings. The van der Waals surface area contributed by atoms with E-state index in [-0.39, 0.29) is 27.7 Å². The van der Waals surface area contributed by atoms with Gasteiger partial charge in [0.1, 0.15) is 10.5 Å². The van der Waals surface area contributed by atoms with Crippen LogP contribution in [-0.2, 0) is 19.9 Å². The molecular formula is C19H17N5O8S2. The predicted molar refractivity (Wildman–Crippen MR) is 120 cm³/mol. The Morgan fingerprint density at radius 2 is 1.53 bits per heavy atom. The van der Waals surface area contributed by atoms with Crippen molar-refractivity contribution in [2.75, 3.05) is 10.5 Å². The van der Waals surface area contributed by atoms with Crippen LogP contribution in [0.3, 0.4) is 0 Å². The van der Waals surface area contributed by atoms with Gasteiger partial charge in [0.15, 0.2) is 14.9 Å². The Morgan fingerprint density at radius 3 is 2.03 bits per heavy atom. The van der Waals surface area contributed by atoms with Crippen LogP contribution in [0.25, 0.3) is 11.3 Å². The summed E-state index contributed by atoms with van der Waals surface area (Å²) in [6, 6.07) is 10.0. The van der Waals surface area contributed by atoms with Crippen molar-refractivity contribution in [1.29, 1.82) is 0 Å². The molecule has 0 spiro atoms. The molecule has 0 bridgehead atoms. The number of hydrogen-bond donors (Lipinski definition) is 1. The Hall–Kier alpha value is -3.98. The average molecular weight is 508 g/mol. The highest BCUT2D eigenvalue weighted by Crippen LogP contribution is 2.32. The second-order valence-electron chi connectivity index (χ2n) is 6.95. The van der Waals surface area contributed by atoms with Crippen molar-refractivity contribution in [2.24, 2.45) is 0 Å². The van der Waals surface area contributed by atoms with Gasteiger partial charge in [0.2, 0.25) is 0 Å². The number of aromatic nitrogens is 2. The van der Waals surface area contributed by atoms with Gasteiger partial charge in [-0.05, 0) is 31.2 Å². The molecule has 3 aromatic rings. The molecule has 0 saturated heterocycles. The molecule has 3 rings (SSSR count). The maximum atomic E-state index is 12.8. The molecule has 0 amide bonds. The summed E-state index contributed by atoms with van der Waals surface area (Å²) >= 11 is 0. The van der Waals surface area contributed by atoms with Gasteiger partial charge in [-0.3, -0.25) is 25.0 Å². The van der Waals surface area contributed by atoms with Crippen LogP contribution in [0.2, 0.25) is 0 Å². The third-order valence-corrected chi connectivity index (χ3v) is 7.76. The topological polar surface area (TPSA) is 192 Å². The average Bonchev–Trinajstić information content (AvgIpc) is 2.78. The zero-order valence-electron chi connectivity index (χ0n) is 17.7. The normalized spacial score (nSPS) is 11.7. The minimum absolute atomic E-state index is 0.0374. The number of hydrogen-bond acceptors (Lipinski definition) is 10. The number of sulfone groups is 1. The van der Waals surface area contributed by atoms with Crippen molar-refractivity contribution in [2.45, 2.75) is 23.8 Å². The van der Waals surface area contributed by atoms with Gasteiger partial charge in [-0.25, -0.2) is 16.8 Å². The van der Waals surface area contributed by atoms with Crippen LogP contribution >= 0.6 is 0 Å². The molecule has 0 aliphatic carbocycles. The molecule has 178 valence electrons. The largest absolute Gasteiger partial charge is 0.280 e. The van der Waals surface area contributed by atoms with Gasteiger partial charge in [-0.15, -0.1) is 10.2 Å². The maximum Gasteiger partial charge on any atom is 0.280 e. The van der Waals surface area contributed by atoms with Gasteiger partial charge in [0.25, 0.3) is 21.4 Å². The lowest BCUT2D eigenvalue weighted by Gasteiger charge is -2.10. The second-order valence-corrected chi connectivity index (χ2v) is 10.9. The molecule has 0 unspecified atom stereocenters. The van der Waals surface area contributed by atoms with Gasteiger partial charge in [-0.2, -0.15) is 0 Å². The lowest BCUT2D eigenvalue weighted by Crippen LogP contribution is -2.14. The van der Waals surface area contributed by atoms with Crippen molar-refractivity contribution in [1.82, 2.24) is 10.2 Å². The molecule has 1 heterocycles. The highest BCUT2D eigenvalue weighted by atomic mass is 32.2. The molecular weight excluding hydrogens is 490 g/mol. The van der Waals surface area contributed by atoms with Crippen LogP contribution in [0.15, 0.2) is 58.5 Å². The minimum Gasteiger partial charge on any atom is -0.280 e. The van der Waals surface area contributed by atoms with Crippen LogP contribution in [-0.4, -0.2) is 42.6 Å². The van der Waals surface area contributed by atoms with E-state index in [1.165, 1.54) is 37.3 Å². The van der Waals surface area contributed by atoms with Gasteiger partial charge in [-0.1, -0.05) is 19.1 Å². The summed E-state index contributed by atoms with van der Waals surface area (Å²) in [5.74, 6) is -0.145. The fourth-order valence-corrected chi connectivity index (χ4v) is 4.76. The fraction of sp³-hybridized carbons (Fsp3) is 0.158. The number of nitro groups is 2. The van der Waals surface area contributed by atoms with Crippen molar-refractivity contribution < 1.29 is 26.7 Å². The van der Waals surface area contributed by atoms with Gasteiger partial charge in [0, 0.05) is 23.4 Å². The highest BCUT2D eigenvalue weighted by molar-refractivity contribution is 7.92. The Morgan fingerprint density at radius 1 is 0.912 bits per heavy atom. The number of nitrogens with one attached hydrogen (secondary N) is 1. The monoisotopic (exact) mass is 507 g/mol. The Bertz CT molecular complexity index is 1470. The molecule has 34 heavy (non-hydrogen) atoms. The summed E-state index contributed by atoms with van der Waals surface area (Å²) in [4.78, 5) is 20.1. The first-order valence-electron chi connectivity index (χ1n) is 9.49. The zero-order chi connectivity index (χ0) is 25.3. The number of sulfonamides is 1. The molecule has 0 atom stereocenters. The first-order valence-corrected chi connectivity index (χ1v) is 12.6. The molecule has 2 aromatic carbocycles. The molecule has 0 radical (unpaired) electrons. The van der Waals surface area contributed by atoms with E-state index in [0.29, 0.717) is 5.56 Å². The SMILES string of the molecule is CCS(=O)(=O)c1ccc(-c2cccc(NS(=O)(=O)c3cc([N+](=O)[O-])c(C)c([N+](=O)[O-])c3)c2)nn1. The molecule has 0 aliphatic heterocycles. The lowest BCUT2D eigenvalue weighted by molar-refractivity contribution is -0.395. The van der Waals surface area contributed by atoms with Crippen LogP contribution in [0.4, 0.5) is 17.1 Å². The first-order chi connectivity index (χ1) is 15.9.